The molecule has 1 saturated carbocycles. The second-order valence-electron chi connectivity index (χ2n) is 7.29. The number of aromatic nitrogens is 3. The average molecular weight is 409 g/mol. The number of carbonyl (C=O) groups is 1. The predicted octanol–water partition coefficient (Wildman–Crippen LogP) is 4.16. The van der Waals surface area contributed by atoms with Gasteiger partial charge in [-0.05, 0) is 50.8 Å². The van der Waals surface area contributed by atoms with Crippen LogP contribution in [0, 0.1) is 0 Å². The van der Waals surface area contributed by atoms with Gasteiger partial charge < -0.3 is 9.64 Å². The van der Waals surface area contributed by atoms with Gasteiger partial charge in [-0.2, -0.15) is 5.10 Å². The molecule has 0 spiro atoms. The van der Waals surface area contributed by atoms with Crippen molar-refractivity contribution in [2.24, 2.45) is 0 Å². The Morgan fingerprint density at radius 1 is 1.22 bits per heavy atom. The molecule has 1 aliphatic carbocycles. The molecule has 2 heterocycles. The first-order valence-corrected chi connectivity index (χ1v) is 10.1. The van der Waals surface area contributed by atoms with Gasteiger partial charge in [0.2, 0.25) is 0 Å². The van der Waals surface area contributed by atoms with Crippen molar-refractivity contribution in [1.82, 2.24) is 20.1 Å². The lowest BCUT2D eigenvalue weighted by molar-refractivity contribution is -0.139. The van der Waals surface area contributed by atoms with Crippen molar-refractivity contribution in [2.75, 3.05) is 13.1 Å². The van der Waals surface area contributed by atoms with Crippen LogP contribution in [0.15, 0.2) is 18.2 Å². The highest BCUT2D eigenvalue weighted by atomic mass is 35.5. The molecule has 0 radical (unpaired) electrons. The van der Waals surface area contributed by atoms with Crippen LogP contribution in [0.1, 0.15) is 56.1 Å². The summed E-state index contributed by atoms with van der Waals surface area (Å²) in [7, 11) is 0. The Hall–Kier alpha value is -1.79. The first-order valence-electron chi connectivity index (χ1n) is 9.34. The van der Waals surface area contributed by atoms with E-state index in [0.29, 0.717) is 40.7 Å². The number of nitrogens with zero attached hydrogens (tertiary/aromatic N) is 3. The quantitative estimate of drug-likeness (QED) is 0.805. The van der Waals surface area contributed by atoms with Crippen LogP contribution >= 0.6 is 23.2 Å². The fourth-order valence-corrected chi connectivity index (χ4v) is 3.89. The van der Waals surface area contributed by atoms with Crippen LogP contribution in [0.3, 0.4) is 0 Å². The number of amides is 1. The predicted molar refractivity (Wildman–Crippen MR) is 103 cm³/mol. The summed E-state index contributed by atoms with van der Waals surface area (Å²) in [5.74, 6) is 3.22. The second-order valence-corrected chi connectivity index (χ2v) is 8.13. The number of piperidine rings is 1. The number of H-pyrrole nitrogens is 1. The van der Waals surface area contributed by atoms with Gasteiger partial charge in [0.15, 0.2) is 11.9 Å². The van der Waals surface area contributed by atoms with Gasteiger partial charge in [-0.25, -0.2) is 4.98 Å². The Labute approximate surface area is 168 Å². The fraction of sp³-hybridized carbons (Fsp3) is 0.526. The maximum atomic E-state index is 12.7. The van der Waals surface area contributed by atoms with Gasteiger partial charge in [-0.15, -0.1) is 0 Å². The van der Waals surface area contributed by atoms with E-state index in [9.17, 15) is 4.79 Å². The molecular formula is C19H22Cl2N4O2. The standard InChI is InChI=1S/C19H22Cl2N4O2/c1-11(27-16-5-4-14(20)10-15(16)21)19(26)25-8-6-13(7-9-25)18-22-17(23-24-18)12-2-3-12/h4-5,10-13H,2-3,6-9H2,1H3,(H,22,23,24)/t11-/m0/s1. The van der Waals surface area contributed by atoms with Crippen molar-refractivity contribution < 1.29 is 9.53 Å². The highest BCUT2D eigenvalue weighted by Gasteiger charge is 2.32. The van der Waals surface area contributed by atoms with Crippen LogP contribution in [-0.4, -0.2) is 45.2 Å². The largest absolute Gasteiger partial charge is 0.479 e. The first kappa shape index (κ1) is 18.6. The molecule has 2 aliphatic rings. The van der Waals surface area contributed by atoms with Gasteiger partial charge in [0.05, 0.1) is 5.02 Å². The van der Waals surface area contributed by atoms with Crippen LogP contribution in [0.4, 0.5) is 0 Å². The van der Waals surface area contributed by atoms with E-state index >= 15 is 0 Å². The highest BCUT2D eigenvalue weighted by molar-refractivity contribution is 6.35. The summed E-state index contributed by atoms with van der Waals surface area (Å²) < 4.78 is 5.75. The van der Waals surface area contributed by atoms with Crippen LogP contribution in [0.25, 0.3) is 0 Å². The van der Waals surface area contributed by atoms with Crippen molar-refractivity contribution in [3.8, 4) is 5.75 Å². The normalized spacial score (nSPS) is 19.1. The number of hydrogen-bond donors (Lipinski definition) is 1. The molecule has 4 rings (SSSR count). The van der Waals surface area contributed by atoms with E-state index in [1.807, 2.05) is 4.90 Å². The zero-order chi connectivity index (χ0) is 19.0. The van der Waals surface area contributed by atoms with Crippen molar-refractivity contribution in [2.45, 2.75) is 50.5 Å². The molecule has 1 atom stereocenters. The number of hydrogen-bond acceptors (Lipinski definition) is 4. The second kappa shape index (κ2) is 7.68. The Balaban J connectivity index is 1.32. The zero-order valence-corrected chi connectivity index (χ0v) is 16.6. The number of likely N-dealkylation sites (tertiary alicyclic amines) is 1. The van der Waals surface area contributed by atoms with Crippen LogP contribution in [-0.2, 0) is 4.79 Å². The van der Waals surface area contributed by atoms with Crippen molar-refractivity contribution >= 4 is 29.1 Å². The number of carbonyl (C=O) groups excluding carboxylic acids is 1. The number of nitrogens with one attached hydrogen (secondary N) is 1. The molecule has 8 heteroatoms. The molecule has 27 heavy (non-hydrogen) atoms. The number of rotatable bonds is 5. The summed E-state index contributed by atoms with van der Waals surface area (Å²) in [6.45, 7) is 3.12. The van der Waals surface area contributed by atoms with Gasteiger partial charge in [-0.3, -0.25) is 9.89 Å². The van der Waals surface area contributed by atoms with Crippen LogP contribution in [0.2, 0.25) is 10.0 Å². The van der Waals surface area contributed by atoms with Crippen molar-refractivity contribution in [1.29, 1.82) is 0 Å². The minimum atomic E-state index is -0.605. The van der Waals surface area contributed by atoms with E-state index in [4.69, 9.17) is 27.9 Å². The molecule has 1 N–H and O–H groups in total. The molecule has 1 aromatic carbocycles. The topological polar surface area (TPSA) is 71.1 Å². The molecule has 6 nitrogen and oxygen atoms in total. The van der Waals surface area contributed by atoms with Gasteiger partial charge in [0.1, 0.15) is 11.6 Å². The Morgan fingerprint density at radius 3 is 2.63 bits per heavy atom. The molecule has 144 valence electrons. The summed E-state index contributed by atoms with van der Waals surface area (Å²) in [5, 5.41) is 8.36. The third kappa shape index (κ3) is 4.22. The Morgan fingerprint density at radius 2 is 1.96 bits per heavy atom. The molecule has 1 aromatic heterocycles. The highest BCUT2D eigenvalue weighted by Crippen LogP contribution is 2.38. The number of halogens is 2. The minimum absolute atomic E-state index is 0.0318. The van der Waals surface area contributed by atoms with Gasteiger partial charge >= 0.3 is 0 Å². The zero-order valence-electron chi connectivity index (χ0n) is 15.1. The maximum Gasteiger partial charge on any atom is 0.263 e. The third-order valence-corrected chi connectivity index (χ3v) is 5.73. The Bertz CT molecular complexity index is 829. The van der Waals surface area contributed by atoms with E-state index in [1.165, 1.54) is 12.8 Å². The molecule has 0 bridgehead atoms. The van der Waals surface area contributed by atoms with Gasteiger partial charge in [0, 0.05) is 29.9 Å². The van der Waals surface area contributed by atoms with E-state index < -0.39 is 6.10 Å². The summed E-state index contributed by atoms with van der Waals surface area (Å²) >= 11 is 12.0. The van der Waals surface area contributed by atoms with Crippen molar-refractivity contribution in [3.63, 3.8) is 0 Å². The molecule has 0 unspecified atom stereocenters. The van der Waals surface area contributed by atoms with E-state index in [0.717, 1.165) is 24.5 Å². The number of aromatic amines is 1. The minimum Gasteiger partial charge on any atom is -0.479 e. The lowest BCUT2D eigenvalue weighted by Crippen LogP contribution is -2.44. The lowest BCUT2D eigenvalue weighted by Gasteiger charge is -2.32. The molecular weight excluding hydrogens is 387 g/mol. The average Bonchev–Trinajstić information content (AvgIpc) is 3.40. The SMILES string of the molecule is C[C@H](Oc1ccc(Cl)cc1Cl)C(=O)N1CCC(c2nc(C3CC3)n[nH]2)CC1. The van der Waals surface area contributed by atoms with Crippen LogP contribution in [0.5, 0.6) is 5.75 Å². The smallest absolute Gasteiger partial charge is 0.263 e. The molecule has 1 saturated heterocycles. The molecule has 1 aliphatic heterocycles. The number of ether oxygens (including phenoxy) is 1. The third-order valence-electron chi connectivity index (χ3n) is 5.20. The van der Waals surface area contributed by atoms with Crippen LogP contribution < -0.4 is 4.74 Å². The maximum absolute atomic E-state index is 12.7. The van der Waals surface area contributed by atoms with E-state index in [-0.39, 0.29) is 5.91 Å². The summed E-state index contributed by atoms with van der Waals surface area (Å²) in [6.07, 6.45) is 3.53. The van der Waals surface area contributed by atoms with Crippen molar-refractivity contribution in [3.05, 3.63) is 39.9 Å². The fourth-order valence-electron chi connectivity index (χ4n) is 3.44. The summed E-state index contributed by atoms with van der Waals surface area (Å²) in [5.41, 5.74) is 0. The van der Waals surface area contributed by atoms with E-state index in [2.05, 4.69) is 15.2 Å². The Kier molecular flexibility index (Phi) is 5.28. The van der Waals surface area contributed by atoms with E-state index in [1.54, 1.807) is 25.1 Å². The first-order chi connectivity index (χ1) is 13.0. The molecule has 2 aromatic rings. The monoisotopic (exact) mass is 408 g/mol. The molecule has 1 amide bonds. The summed E-state index contributed by atoms with van der Waals surface area (Å²) in [4.78, 5) is 19.2. The lowest BCUT2D eigenvalue weighted by atomic mass is 9.96. The van der Waals surface area contributed by atoms with Gasteiger partial charge in [0.25, 0.3) is 5.91 Å². The van der Waals surface area contributed by atoms with Gasteiger partial charge in [-0.1, -0.05) is 23.2 Å². The summed E-state index contributed by atoms with van der Waals surface area (Å²) in [6, 6.07) is 4.98. The number of benzene rings is 1. The molecule has 2 fully saturated rings.